The molecule has 0 aromatic carbocycles. The Morgan fingerprint density at radius 3 is 1.93 bits per heavy atom. The minimum Gasteiger partial charge on any atom is -0.466 e. The van der Waals surface area contributed by atoms with Gasteiger partial charge in [-0.05, 0) is 6.92 Å². The van der Waals surface area contributed by atoms with Gasteiger partial charge in [0, 0.05) is 0 Å². The van der Waals surface area contributed by atoms with Gasteiger partial charge in [-0.25, -0.2) is 0 Å². The molecule has 0 saturated heterocycles. The normalized spacial score (nSPS) is 8.86. The molecule has 0 radical (unpaired) electrons. The van der Waals surface area contributed by atoms with Gasteiger partial charge in [-0.15, -0.1) is 0 Å². The van der Waals surface area contributed by atoms with Gasteiger partial charge in [0.25, 0.3) is 0 Å². The van der Waals surface area contributed by atoms with Gasteiger partial charge in [0.1, 0.15) is 0 Å². The maximum Gasteiger partial charge on any atom is 0.308 e. The third-order valence-corrected chi connectivity index (χ3v) is 1.58. The van der Waals surface area contributed by atoms with Crippen LogP contribution in [0.4, 0.5) is 0 Å². The molecule has 3 heteroatoms. The first-order valence-corrected chi connectivity index (χ1v) is 5.49. The number of carbonyl (C=O) groups is 1. The van der Waals surface area contributed by atoms with Crippen molar-refractivity contribution in [3.05, 3.63) is 0 Å². The molecule has 86 valence electrons. The predicted molar refractivity (Wildman–Crippen MR) is 58.2 cm³/mol. The van der Waals surface area contributed by atoms with Crippen molar-refractivity contribution < 1.29 is 14.6 Å². The average Bonchev–Trinajstić information content (AvgIpc) is 2.16. The van der Waals surface area contributed by atoms with Gasteiger partial charge < -0.3 is 9.84 Å². The molecule has 14 heavy (non-hydrogen) atoms. The molecule has 0 saturated carbocycles. The van der Waals surface area contributed by atoms with Crippen LogP contribution in [0.15, 0.2) is 0 Å². The van der Waals surface area contributed by atoms with Gasteiger partial charge in [-0.2, -0.15) is 0 Å². The number of ether oxygens (including phenoxy) is 1. The summed E-state index contributed by atoms with van der Waals surface area (Å²) in [4.78, 5) is 10.3. The number of unbranched alkanes of at least 4 members (excludes halogenated alkanes) is 3. The number of aliphatic hydroxyl groups is 1. The van der Waals surface area contributed by atoms with Crippen LogP contribution in [0.25, 0.3) is 0 Å². The molecule has 1 N–H and O–H groups in total. The lowest BCUT2D eigenvalue weighted by Gasteiger charge is -1.96. The Morgan fingerprint density at radius 1 is 1.14 bits per heavy atom. The molecule has 0 heterocycles. The van der Waals surface area contributed by atoms with E-state index in [-0.39, 0.29) is 19.0 Å². The molecule has 0 amide bonds. The van der Waals surface area contributed by atoms with Crippen molar-refractivity contribution in [2.45, 2.75) is 52.9 Å². The minimum atomic E-state index is -0.338. The van der Waals surface area contributed by atoms with E-state index in [9.17, 15) is 4.79 Å². The monoisotopic (exact) mass is 204 g/mol. The highest BCUT2D eigenvalue weighted by Crippen LogP contribution is 1.95. The summed E-state index contributed by atoms with van der Waals surface area (Å²) in [5.41, 5.74) is 0. The van der Waals surface area contributed by atoms with Crippen molar-refractivity contribution in [1.29, 1.82) is 0 Å². The first kappa shape index (κ1) is 15.9. The molecule has 0 aromatic heterocycles. The zero-order chi connectivity index (χ0) is 11.2. The predicted octanol–water partition coefficient (Wildman–Crippen LogP) is 2.52. The molecule has 0 fully saturated rings. The lowest BCUT2D eigenvalue weighted by molar-refractivity contribution is -0.143. The topological polar surface area (TPSA) is 46.5 Å². The molecule has 0 aliphatic heterocycles. The molecule has 0 unspecified atom stereocenters. The van der Waals surface area contributed by atoms with Crippen LogP contribution in [0.3, 0.4) is 0 Å². The zero-order valence-electron chi connectivity index (χ0n) is 9.71. The van der Waals surface area contributed by atoms with Crippen molar-refractivity contribution in [2.75, 3.05) is 13.2 Å². The molecule has 0 atom stereocenters. The maximum absolute atomic E-state index is 10.3. The molecule has 3 nitrogen and oxygen atoms in total. The van der Waals surface area contributed by atoms with Crippen LogP contribution in [0, 0.1) is 0 Å². The second kappa shape index (κ2) is 14.9. The summed E-state index contributed by atoms with van der Waals surface area (Å²) in [6.45, 7) is 6.46. The van der Waals surface area contributed by atoms with Crippen molar-refractivity contribution in [3.63, 3.8) is 0 Å². The quantitative estimate of drug-likeness (QED) is 0.534. The molecule has 0 rings (SSSR count). The number of esters is 1. The number of rotatable bonds is 6. The van der Waals surface area contributed by atoms with Crippen LogP contribution in [-0.4, -0.2) is 24.3 Å². The summed E-state index contributed by atoms with van der Waals surface area (Å²) < 4.78 is 4.48. The van der Waals surface area contributed by atoms with Crippen LogP contribution >= 0.6 is 0 Å². The number of hydrogen-bond donors (Lipinski definition) is 1. The highest BCUT2D eigenvalue weighted by Gasteiger charge is 1.96. The van der Waals surface area contributed by atoms with E-state index in [4.69, 9.17) is 5.11 Å². The smallest absolute Gasteiger partial charge is 0.308 e. The van der Waals surface area contributed by atoms with Crippen LogP contribution in [-0.2, 0) is 9.53 Å². The molecule has 0 aliphatic rings. The van der Waals surface area contributed by atoms with Gasteiger partial charge in [0.05, 0.1) is 19.6 Å². The average molecular weight is 204 g/mol. The Hall–Kier alpha value is -0.570. The lowest BCUT2D eigenvalue weighted by atomic mass is 10.2. The van der Waals surface area contributed by atoms with Gasteiger partial charge in [-0.3, -0.25) is 4.79 Å². The first-order valence-electron chi connectivity index (χ1n) is 5.49. The van der Waals surface area contributed by atoms with E-state index in [1.165, 1.54) is 25.7 Å². The van der Waals surface area contributed by atoms with Crippen molar-refractivity contribution in [3.8, 4) is 0 Å². The molecule has 0 spiro atoms. The highest BCUT2D eigenvalue weighted by atomic mass is 16.5. The van der Waals surface area contributed by atoms with E-state index in [0.717, 1.165) is 0 Å². The second-order valence-electron chi connectivity index (χ2n) is 2.99. The van der Waals surface area contributed by atoms with E-state index in [2.05, 4.69) is 18.6 Å². The third kappa shape index (κ3) is 17.5. The zero-order valence-corrected chi connectivity index (χ0v) is 9.71. The fraction of sp³-hybridized carbons (Fsp3) is 0.909. The third-order valence-electron chi connectivity index (χ3n) is 1.58. The standard InChI is InChI=1S/C6H14.C5H10O3/c1-3-5-6-4-2;1-2-8-5(7)3-4-6/h3-6H2,1-2H3;6H,2-4H2,1H3. The van der Waals surface area contributed by atoms with Crippen molar-refractivity contribution >= 4 is 5.97 Å². The Bertz CT molecular complexity index is 101. The maximum atomic E-state index is 10.3. The Balaban J connectivity index is 0. The van der Waals surface area contributed by atoms with Crippen molar-refractivity contribution in [1.82, 2.24) is 0 Å². The Kier molecular flexibility index (Phi) is 16.9. The summed E-state index contributed by atoms with van der Waals surface area (Å²) in [6.07, 6.45) is 5.64. The van der Waals surface area contributed by atoms with E-state index < -0.39 is 0 Å². The van der Waals surface area contributed by atoms with E-state index in [0.29, 0.717) is 6.61 Å². The molecular weight excluding hydrogens is 180 g/mol. The second-order valence-corrected chi connectivity index (χ2v) is 2.99. The van der Waals surface area contributed by atoms with Crippen LogP contribution in [0.1, 0.15) is 52.9 Å². The SMILES string of the molecule is CCCCCC.CCOC(=O)CCO. The van der Waals surface area contributed by atoms with Gasteiger partial charge in [0.2, 0.25) is 0 Å². The van der Waals surface area contributed by atoms with Gasteiger partial charge >= 0.3 is 5.97 Å². The lowest BCUT2D eigenvalue weighted by Crippen LogP contribution is -2.05. The Labute approximate surface area is 87.5 Å². The Morgan fingerprint density at radius 2 is 1.64 bits per heavy atom. The van der Waals surface area contributed by atoms with Crippen LogP contribution < -0.4 is 0 Å². The fourth-order valence-corrected chi connectivity index (χ4v) is 0.824. The van der Waals surface area contributed by atoms with Gasteiger partial charge in [0.15, 0.2) is 0 Å². The molecular formula is C11H24O3. The minimum absolute atomic E-state index is 0.105. The molecule has 0 aromatic rings. The number of carbonyl (C=O) groups excluding carboxylic acids is 1. The largest absolute Gasteiger partial charge is 0.466 e. The first-order chi connectivity index (χ1) is 6.72. The summed E-state index contributed by atoms with van der Waals surface area (Å²) in [6, 6.07) is 0. The fourth-order valence-electron chi connectivity index (χ4n) is 0.824. The van der Waals surface area contributed by atoms with Gasteiger partial charge in [-0.1, -0.05) is 39.5 Å². The van der Waals surface area contributed by atoms with Crippen LogP contribution in [0.2, 0.25) is 0 Å². The molecule has 0 aliphatic carbocycles. The number of hydrogen-bond acceptors (Lipinski definition) is 3. The van der Waals surface area contributed by atoms with E-state index in [1.807, 2.05) is 0 Å². The highest BCUT2D eigenvalue weighted by molar-refractivity contribution is 5.69. The van der Waals surface area contributed by atoms with Crippen LogP contribution in [0.5, 0.6) is 0 Å². The van der Waals surface area contributed by atoms with E-state index >= 15 is 0 Å². The summed E-state index contributed by atoms with van der Waals surface area (Å²) in [5.74, 6) is -0.338. The summed E-state index contributed by atoms with van der Waals surface area (Å²) in [5, 5.41) is 8.16. The summed E-state index contributed by atoms with van der Waals surface area (Å²) in [7, 11) is 0. The molecule has 0 bridgehead atoms. The van der Waals surface area contributed by atoms with E-state index in [1.54, 1.807) is 6.92 Å². The number of aliphatic hydroxyl groups excluding tert-OH is 1. The summed E-state index contributed by atoms with van der Waals surface area (Å²) >= 11 is 0. The van der Waals surface area contributed by atoms with Crippen molar-refractivity contribution in [2.24, 2.45) is 0 Å².